The van der Waals surface area contributed by atoms with E-state index in [1.54, 1.807) is 20.8 Å². The number of carbonyl (C=O) groups is 2. The van der Waals surface area contributed by atoms with Gasteiger partial charge in [0.05, 0.1) is 29.6 Å². The molecule has 3 fully saturated rings. The average molecular weight is 672 g/mol. The standard InChI is InChI=1S/C34H61N3O10/c1-12-25-34(8,42)29(40)20(4)26(36-47-23-13-14-35-17-23)18(2)16-33(7,43-11)30(21(5)27(38)22(6)31(41)45-25)46-32-28(39)24(37(9)10)15-19(3)44-32/h18-25,28-30,32,35,39-40,42H,12-17H2,1-11H3/b36-26+/t18-,19-,20+,21+,22-,23?,24+,25-,28-,29-,30-,32+,33-,34-/m1/s1. The molecule has 0 aromatic carbocycles. The number of rotatable bonds is 7. The normalized spacial score (nSPS) is 45.6. The highest BCUT2D eigenvalue weighted by Crippen LogP contribution is 2.38. The molecule has 272 valence electrons. The molecule has 3 heterocycles. The number of aliphatic hydroxyl groups excluding tert-OH is 2. The third-order valence-electron chi connectivity index (χ3n) is 10.7. The summed E-state index contributed by atoms with van der Waals surface area (Å²) in [5.74, 6) is -4.53. The number of nitrogens with one attached hydrogen (secondary N) is 1. The lowest BCUT2D eigenvalue weighted by Crippen LogP contribution is -2.60. The number of esters is 1. The van der Waals surface area contributed by atoms with Crippen molar-refractivity contribution in [1.29, 1.82) is 0 Å². The second-order valence-electron chi connectivity index (χ2n) is 14.7. The number of methoxy groups -OCH3 is 1. The predicted octanol–water partition coefficient (Wildman–Crippen LogP) is 1.89. The maximum absolute atomic E-state index is 14.1. The van der Waals surface area contributed by atoms with Crippen LogP contribution in [0.5, 0.6) is 0 Å². The van der Waals surface area contributed by atoms with Gasteiger partial charge in [-0.2, -0.15) is 0 Å². The predicted molar refractivity (Wildman–Crippen MR) is 176 cm³/mol. The molecule has 1 unspecified atom stereocenters. The second-order valence-corrected chi connectivity index (χ2v) is 14.7. The van der Waals surface area contributed by atoms with Crippen molar-refractivity contribution in [2.45, 2.75) is 141 Å². The number of oxime groups is 1. The van der Waals surface area contributed by atoms with Crippen LogP contribution in [-0.4, -0.2) is 132 Å². The quantitative estimate of drug-likeness (QED) is 0.177. The van der Waals surface area contributed by atoms with Crippen LogP contribution in [0.1, 0.15) is 81.1 Å². The fraction of sp³-hybridized carbons (Fsp3) is 0.912. The third kappa shape index (κ3) is 8.91. The van der Waals surface area contributed by atoms with E-state index < -0.39 is 77.3 Å². The van der Waals surface area contributed by atoms with E-state index in [1.165, 1.54) is 21.0 Å². The molecule has 0 aliphatic carbocycles. The molecule has 3 saturated heterocycles. The van der Waals surface area contributed by atoms with Crippen LogP contribution in [-0.2, 0) is 33.4 Å². The molecule has 0 amide bonds. The van der Waals surface area contributed by atoms with Crippen molar-refractivity contribution in [3.8, 4) is 0 Å². The van der Waals surface area contributed by atoms with E-state index in [0.717, 1.165) is 13.0 Å². The van der Waals surface area contributed by atoms with Gasteiger partial charge in [-0.05, 0) is 67.6 Å². The molecule has 0 aromatic rings. The molecule has 0 radical (unpaired) electrons. The Hall–Kier alpha value is -1.71. The molecule has 0 spiro atoms. The van der Waals surface area contributed by atoms with Crippen molar-refractivity contribution < 1.29 is 48.7 Å². The molecular formula is C34H61N3O10. The Bertz CT molecular complexity index is 1080. The van der Waals surface area contributed by atoms with E-state index in [-0.39, 0.29) is 31.1 Å². The molecule has 0 aromatic heterocycles. The van der Waals surface area contributed by atoms with Gasteiger partial charge in [0.25, 0.3) is 0 Å². The first-order valence-corrected chi connectivity index (χ1v) is 17.2. The number of Topliss-reactive ketones (excluding diaryl/α,β-unsaturated/α-hetero) is 1. The number of ether oxygens (including phenoxy) is 4. The maximum atomic E-state index is 14.1. The molecule has 3 rings (SSSR count). The van der Waals surface area contributed by atoms with E-state index in [4.69, 9.17) is 23.8 Å². The van der Waals surface area contributed by atoms with Crippen molar-refractivity contribution in [3.63, 3.8) is 0 Å². The third-order valence-corrected chi connectivity index (χ3v) is 10.7. The number of likely N-dealkylation sites (N-methyl/N-ethyl adjacent to an activating group) is 1. The zero-order valence-electron chi connectivity index (χ0n) is 30.3. The Labute approximate surface area is 280 Å². The molecule has 3 aliphatic heterocycles. The summed E-state index contributed by atoms with van der Waals surface area (Å²) in [6.07, 6.45) is -4.18. The highest BCUT2D eigenvalue weighted by atomic mass is 16.7. The van der Waals surface area contributed by atoms with Gasteiger partial charge in [0.15, 0.2) is 12.1 Å². The largest absolute Gasteiger partial charge is 0.459 e. The number of nitrogens with zero attached hydrogens (tertiary/aromatic N) is 2. The Morgan fingerprint density at radius 3 is 2.30 bits per heavy atom. The van der Waals surface area contributed by atoms with Gasteiger partial charge in [0.1, 0.15) is 29.8 Å². The minimum atomic E-state index is -1.87. The van der Waals surface area contributed by atoms with Gasteiger partial charge in [-0.15, -0.1) is 0 Å². The first-order chi connectivity index (χ1) is 21.9. The smallest absolute Gasteiger partial charge is 0.316 e. The van der Waals surface area contributed by atoms with E-state index in [2.05, 4.69) is 10.5 Å². The summed E-state index contributed by atoms with van der Waals surface area (Å²) in [6, 6.07) is -0.253. The fourth-order valence-electron chi connectivity index (χ4n) is 7.47. The van der Waals surface area contributed by atoms with Crippen molar-refractivity contribution >= 4 is 17.5 Å². The van der Waals surface area contributed by atoms with Crippen LogP contribution < -0.4 is 5.32 Å². The van der Waals surface area contributed by atoms with Crippen LogP contribution >= 0.6 is 0 Å². The lowest BCUT2D eigenvalue weighted by atomic mass is 9.74. The van der Waals surface area contributed by atoms with Gasteiger partial charge in [-0.1, -0.05) is 32.9 Å². The molecule has 14 atom stereocenters. The number of aliphatic hydroxyl groups is 3. The van der Waals surface area contributed by atoms with Gasteiger partial charge in [0.2, 0.25) is 0 Å². The summed E-state index contributed by atoms with van der Waals surface area (Å²) < 4.78 is 24.7. The minimum Gasteiger partial charge on any atom is -0.459 e. The monoisotopic (exact) mass is 671 g/mol. The fourth-order valence-corrected chi connectivity index (χ4v) is 7.47. The van der Waals surface area contributed by atoms with E-state index in [0.29, 0.717) is 18.7 Å². The summed E-state index contributed by atoms with van der Waals surface area (Å²) in [7, 11) is 5.29. The van der Waals surface area contributed by atoms with Gasteiger partial charge in [-0.3, -0.25) is 9.59 Å². The lowest BCUT2D eigenvalue weighted by Gasteiger charge is -2.47. The van der Waals surface area contributed by atoms with Crippen LogP contribution in [0.25, 0.3) is 0 Å². The van der Waals surface area contributed by atoms with Crippen molar-refractivity contribution in [2.75, 3.05) is 34.3 Å². The van der Waals surface area contributed by atoms with Crippen molar-refractivity contribution in [2.24, 2.45) is 28.8 Å². The van der Waals surface area contributed by atoms with Gasteiger partial charge < -0.3 is 49.3 Å². The van der Waals surface area contributed by atoms with Crippen LogP contribution in [0, 0.1) is 23.7 Å². The molecule has 0 bridgehead atoms. The number of carbonyl (C=O) groups excluding carboxylic acids is 2. The lowest BCUT2D eigenvalue weighted by molar-refractivity contribution is -0.295. The molecular weight excluding hydrogens is 610 g/mol. The van der Waals surface area contributed by atoms with Gasteiger partial charge >= 0.3 is 5.97 Å². The van der Waals surface area contributed by atoms with Crippen LogP contribution in [0.2, 0.25) is 0 Å². The Balaban J connectivity index is 2.14. The zero-order chi connectivity index (χ0) is 35.4. The molecule has 0 saturated carbocycles. The van der Waals surface area contributed by atoms with Crippen molar-refractivity contribution in [3.05, 3.63) is 0 Å². The highest BCUT2D eigenvalue weighted by molar-refractivity contribution is 6.00. The summed E-state index contributed by atoms with van der Waals surface area (Å²) in [6.45, 7) is 15.2. The number of cyclic esters (lactones) is 1. The highest BCUT2D eigenvalue weighted by Gasteiger charge is 2.51. The number of hydrogen-bond acceptors (Lipinski definition) is 13. The maximum Gasteiger partial charge on any atom is 0.316 e. The average Bonchev–Trinajstić information content (AvgIpc) is 3.55. The van der Waals surface area contributed by atoms with Crippen LogP contribution in [0.15, 0.2) is 5.16 Å². The topological polar surface area (TPSA) is 169 Å². The zero-order valence-corrected chi connectivity index (χ0v) is 30.3. The van der Waals surface area contributed by atoms with Gasteiger partial charge in [0, 0.05) is 43.9 Å². The van der Waals surface area contributed by atoms with Crippen LogP contribution in [0.4, 0.5) is 0 Å². The molecule has 4 N–H and O–H groups in total. The SMILES string of the molecule is CC[C@H]1OC(=O)[C@H](C)C(=O)[C@H](C)[C@@H](O[C@@H]2O[C@H](C)C[C@H](N(C)C)[C@H]2O)[C@](C)(OC)C[C@@H](C)/C(=N\OC2CCNC2)[C@H](C)[C@@H](O)[C@]1(C)O. The Morgan fingerprint density at radius 2 is 1.74 bits per heavy atom. The minimum absolute atomic E-state index is 0.155. The summed E-state index contributed by atoms with van der Waals surface area (Å²) >= 11 is 0. The molecule has 47 heavy (non-hydrogen) atoms. The van der Waals surface area contributed by atoms with E-state index in [1.807, 2.05) is 39.8 Å². The number of hydrogen-bond donors (Lipinski definition) is 4. The van der Waals surface area contributed by atoms with Crippen LogP contribution in [0.3, 0.4) is 0 Å². The number of ketones is 1. The first-order valence-electron chi connectivity index (χ1n) is 17.2. The summed E-state index contributed by atoms with van der Waals surface area (Å²) in [5, 5.41) is 42.5. The molecule has 3 aliphatic rings. The Kier molecular flexibility index (Phi) is 13.8. The Morgan fingerprint density at radius 1 is 1.09 bits per heavy atom. The van der Waals surface area contributed by atoms with Gasteiger partial charge in [-0.25, -0.2) is 0 Å². The van der Waals surface area contributed by atoms with E-state index in [9.17, 15) is 24.9 Å². The molecule has 13 nitrogen and oxygen atoms in total. The van der Waals surface area contributed by atoms with Crippen molar-refractivity contribution in [1.82, 2.24) is 10.2 Å². The van der Waals surface area contributed by atoms with E-state index >= 15 is 0 Å². The summed E-state index contributed by atoms with van der Waals surface area (Å²) in [5.41, 5.74) is -2.58. The summed E-state index contributed by atoms with van der Waals surface area (Å²) in [4.78, 5) is 35.4. The second kappa shape index (κ2) is 16.3. The molecule has 13 heteroatoms. The first kappa shape index (κ1) is 39.7.